The van der Waals surface area contributed by atoms with Crippen LogP contribution in [-0.4, -0.2) is 26.8 Å². The average Bonchev–Trinajstić information content (AvgIpc) is 2.35. The Morgan fingerprint density at radius 2 is 1.94 bits per heavy atom. The van der Waals surface area contributed by atoms with Gasteiger partial charge in [-0.15, -0.1) is 0 Å². The molecule has 4 nitrogen and oxygen atoms in total. The predicted molar refractivity (Wildman–Crippen MR) is 75.9 cm³/mol. The number of rotatable bonds is 8. The van der Waals surface area contributed by atoms with Crippen molar-refractivity contribution in [3.63, 3.8) is 0 Å². The molecule has 1 rings (SSSR count). The molecule has 0 aromatic rings. The SMILES string of the molecule is CCCCC(CN)NS(=O)(=O)CC1CCCCC1. The highest BCUT2D eigenvalue weighted by Gasteiger charge is 2.23. The van der Waals surface area contributed by atoms with Gasteiger partial charge in [0.05, 0.1) is 5.75 Å². The summed E-state index contributed by atoms with van der Waals surface area (Å²) in [6.45, 7) is 2.49. The van der Waals surface area contributed by atoms with Crippen LogP contribution in [0, 0.1) is 5.92 Å². The van der Waals surface area contributed by atoms with Gasteiger partial charge in [0.25, 0.3) is 0 Å². The Morgan fingerprint density at radius 1 is 1.28 bits per heavy atom. The first kappa shape index (κ1) is 15.9. The summed E-state index contributed by atoms with van der Waals surface area (Å²) in [7, 11) is -3.15. The zero-order chi connectivity index (χ0) is 13.4. The number of hydrogen-bond acceptors (Lipinski definition) is 3. The molecule has 1 atom stereocenters. The lowest BCUT2D eigenvalue weighted by Crippen LogP contribution is -2.42. The normalized spacial score (nSPS) is 19.9. The van der Waals surface area contributed by atoms with Crippen molar-refractivity contribution in [2.45, 2.75) is 64.3 Å². The molecule has 1 aliphatic carbocycles. The highest BCUT2D eigenvalue weighted by atomic mass is 32.2. The molecule has 1 aliphatic rings. The van der Waals surface area contributed by atoms with Gasteiger partial charge in [0.1, 0.15) is 0 Å². The van der Waals surface area contributed by atoms with E-state index in [2.05, 4.69) is 11.6 Å². The second-order valence-corrected chi connectivity index (χ2v) is 7.28. The van der Waals surface area contributed by atoms with E-state index in [1.165, 1.54) is 19.3 Å². The molecule has 108 valence electrons. The van der Waals surface area contributed by atoms with E-state index in [1.807, 2.05) is 0 Å². The molecular weight excluding hydrogens is 248 g/mol. The van der Waals surface area contributed by atoms with Crippen molar-refractivity contribution in [3.05, 3.63) is 0 Å². The molecule has 0 heterocycles. The summed E-state index contributed by atoms with van der Waals surface area (Å²) < 4.78 is 26.9. The first-order valence-corrected chi connectivity index (χ1v) is 8.92. The van der Waals surface area contributed by atoms with Gasteiger partial charge in [-0.05, 0) is 25.2 Å². The zero-order valence-electron chi connectivity index (χ0n) is 11.5. The van der Waals surface area contributed by atoms with Crippen molar-refractivity contribution in [1.29, 1.82) is 0 Å². The lowest BCUT2D eigenvalue weighted by Gasteiger charge is -2.23. The van der Waals surface area contributed by atoms with Crippen LogP contribution in [0.25, 0.3) is 0 Å². The Balaban J connectivity index is 2.41. The second kappa shape index (κ2) is 8.12. The maximum absolute atomic E-state index is 12.1. The van der Waals surface area contributed by atoms with E-state index in [-0.39, 0.29) is 11.8 Å². The van der Waals surface area contributed by atoms with Crippen LogP contribution < -0.4 is 10.5 Å². The van der Waals surface area contributed by atoms with Crippen molar-refractivity contribution in [2.75, 3.05) is 12.3 Å². The molecule has 0 amide bonds. The van der Waals surface area contributed by atoms with Gasteiger partial charge in [-0.2, -0.15) is 0 Å². The largest absolute Gasteiger partial charge is 0.329 e. The standard InChI is InChI=1S/C13H28N2O2S/c1-2-3-9-13(10-14)15-18(16,17)11-12-7-5-4-6-8-12/h12-13,15H,2-11,14H2,1H3. The van der Waals surface area contributed by atoms with Gasteiger partial charge in [0.15, 0.2) is 0 Å². The molecule has 3 N–H and O–H groups in total. The van der Waals surface area contributed by atoms with Gasteiger partial charge in [-0.1, -0.05) is 39.0 Å². The number of nitrogens with one attached hydrogen (secondary N) is 1. The fourth-order valence-electron chi connectivity index (χ4n) is 2.64. The van der Waals surface area contributed by atoms with Crippen LogP contribution in [-0.2, 0) is 10.0 Å². The Kier molecular flexibility index (Phi) is 7.19. The van der Waals surface area contributed by atoms with E-state index in [0.717, 1.165) is 32.1 Å². The van der Waals surface area contributed by atoms with Crippen LogP contribution in [0.5, 0.6) is 0 Å². The van der Waals surface area contributed by atoms with E-state index in [9.17, 15) is 8.42 Å². The Hall–Kier alpha value is -0.130. The van der Waals surface area contributed by atoms with Crippen LogP contribution in [0.3, 0.4) is 0 Å². The molecule has 0 saturated heterocycles. The molecular formula is C13H28N2O2S. The highest BCUT2D eigenvalue weighted by Crippen LogP contribution is 2.24. The first-order valence-electron chi connectivity index (χ1n) is 7.27. The van der Waals surface area contributed by atoms with E-state index in [0.29, 0.717) is 12.5 Å². The Morgan fingerprint density at radius 3 is 2.50 bits per heavy atom. The molecule has 0 aromatic heterocycles. The van der Waals surface area contributed by atoms with Crippen LogP contribution >= 0.6 is 0 Å². The van der Waals surface area contributed by atoms with E-state index < -0.39 is 10.0 Å². The monoisotopic (exact) mass is 276 g/mol. The maximum Gasteiger partial charge on any atom is 0.212 e. The molecule has 18 heavy (non-hydrogen) atoms. The number of unbranched alkanes of at least 4 members (excludes halogenated alkanes) is 1. The van der Waals surface area contributed by atoms with E-state index in [1.54, 1.807) is 0 Å². The summed E-state index contributed by atoms with van der Waals surface area (Å²) in [5, 5.41) is 0. The smallest absolute Gasteiger partial charge is 0.212 e. The number of nitrogens with two attached hydrogens (primary N) is 1. The van der Waals surface area contributed by atoms with Gasteiger partial charge in [-0.25, -0.2) is 13.1 Å². The first-order chi connectivity index (χ1) is 8.57. The van der Waals surface area contributed by atoms with Crippen molar-refractivity contribution < 1.29 is 8.42 Å². The predicted octanol–water partition coefficient (Wildman–Crippen LogP) is 2.00. The number of hydrogen-bond donors (Lipinski definition) is 2. The van der Waals surface area contributed by atoms with Gasteiger partial charge >= 0.3 is 0 Å². The lowest BCUT2D eigenvalue weighted by atomic mass is 9.91. The molecule has 0 bridgehead atoms. The quantitative estimate of drug-likeness (QED) is 0.712. The van der Waals surface area contributed by atoms with Gasteiger partial charge in [0.2, 0.25) is 10.0 Å². The van der Waals surface area contributed by atoms with E-state index in [4.69, 9.17) is 5.73 Å². The molecule has 0 spiro atoms. The molecule has 1 fully saturated rings. The van der Waals surface area contributed by atoms with Crippen LogP contribution in [0.15, 0.2) is 0 Å². The second-order valence-electron chi connectivity index (χ2n) is 5.48. The molecule has 1 saturated carbocycles. The molecule has 0 aliphatic heterocycles. The minimum absolute atomic E-state index is 0.0847. The summed E-state index contributed by atoms with van der Waals surface area (Å²) >= 11 is 0. The molecule has 5 heteroatoms. The lowest BCUT2D eigenvalue weighted by molar-refractivity contribution is 0.382. The van der Waals surface area contributed by atoms with Crippen molar-refractivity contribution in [2.24, 2.45) is 11.7 Å². The van der Waals surface area contributed by atoms with E-state index >= 15 is 0 Å². The number of sulfonamides is 1. The van der Waals surface area contributed by atoms with Gasteiger partial charge < -0.3 is 5.73 Å². The Labute approximate surface area is 112 Å². The third-order valence-electron chi connectivity index (χ3n) is 3.72. The summed E-state index contributed by atoms with van der Waals surface area (Å²) in [5.41, 5.74) is 5.63. The topological polar surface area (TPSA) is 72.2 Å². The van der Waals surface area contributed by atoms with Crippen LogP contribution in [0.4, 0.5) is 0 Å². The van der Waals surface area contributed by atoms with Crippen LogP contribution in [0.2, 0.25) is 0 Å². The Bertz CT molecular complexity index is 311. The molecule has 0 aromatic carbocycles. The molecule has 1 unspecified atom stereocenters. The minimum atomic E-state index is -3.15. The summed E-state index contributed by atoms with van der Waals surface area (Å²) in [6, 6.07) is -0.0847. The molecule has 0 radical (unpaired) electrons. The van der Waals surface area contributed by atoms with Gasteiger partial charge in [0, 0.05) is 12.6 Å². The maximum atomic E-state index is 12.1. The van der Waals surface area contributed by atoms with Crippen molar-refractivity contribution in [1.82, 2.24) is 4.72 Å². The van der Waals surface area contributed by atoms with Crippen molar-refractivity contribution >= 4 is 10.0 Å². The fourth-order valence-corrected chi connectivity index (χ4v) is 4.41. The average molecular weight is 276 g/mol. The third kappa shape index (κ3) is 6.16. The summed E-state index contributed by atoms with van der Waals surface area (Å²) in [6.07, 6.45) is 8.66. The third-order valence-corrected chi connectivity index (χ3v) is 5.32. The van der Waals surface area contributed by atoms with Crippen molar-refractivity contribution in [3.8, 4) is 0 Å². The summed E-state index contributed by atoms with van der Waals surface area (Å²) in [5.74, 6) is 0.635. The highest BCUT2D eigenvalue weighted by molar-refractivity contribution is 7.89. The summed E-state index contributed by atoms with van der Waals surface area (Å²) in [4.78, 5) is 0. The fraction of sp³-hybridized carbons (Fsp3) is 1.00. The zero-order valence-corrected chi connectivity index (χ0v) is 12.3. The minimum Gasteiger partial charge on any atom is -0.329 e. The van der Waals surface area contributed by atoms with Gasteiger partial charge in [-0.3, -0.25) is 0 Å². The van der Waals surface area contributed by atoms with Crippen LogP contribution in [0.1, 0.15) is 58.3 Å².